The Balaban J connectivity index is 1.31. The van der Waals surface area contributed by atoms with Gasteiger partial charge >= 0.3 is 0 Å². The summed E-state index contributed by atoms with van der Waals surface area (Å²) in [6.45, 7) is 0. The van der Waals surface area contributed by atoms with Gasteiger partial charge in [0, 0.05) is 19.3 Å². The predicted molar refractivity (Wildman–Crippen MR) is 117 cm³/mol. The highest BCUT2D eigenvalue weighted by atomic mass is 32.2. The highest BCUT2D eigenvalue weighted by molar-refractivity contribution is 7.91. The van der Waals surface area contributed by atoms with Gasteiger partial charge in [-0.05, 0) is 49.7 Å². The number of hydrogen-bond donors (Lipinski definition) is 1. The Morgan fingerprint density at radius 1 is 1.07 bits per heavy atom. The van der Waals surface area contributed by atoms with E-state index in [1.54, 1.807) is 6.33 Å². The number of benzene rings is 1. The second kappa shape index (κ2) is 8.53. The summed E-state index contributed by atoms with van der Waals surface area (Å²) in [5.41, 5.74) is 1.93. The Hall–Kier alpha value is -2.41. The fourth-order valence-electron chi connectivity index (χ4n) is 4.37. The predicted octanol–water partition coefficient (Wildman–Crippen LogP) is 3.61. The first kappa shape index (κ1) is 19.9. The maximum atomic E-state index is 12.6. The number of hydrogen-bond acceptors (Lipinski definition) is 5. The monoisotopic (exact) mass is 412 g/mol. The van der Waals surface area contributed by atoms with Crippen molar-refractivity contribution < 1.29 is 8.42 Å². The van der Waals surface area contributed by atoms with Gasteiger partial charge in [0.1, 0.15) is 17.8 Å². The van der Waals surface area contributed by atoms with Gasteiger partial charge in [-0.2, -0.15) is 0 Å². The molecule has 1 aliphatic carbocycles. The van der Waals surface area contributed by atoms with Crippen LogP contribution in [-0.4, -0.2) is 48.0 Å². The lowest BCUT2D eigenvalue weighted by molar-refractivity contribution is 0.341. The van der Waals surface area contributed by atoms with E-state index in [1.807, 2.05) is 42.6 Å². The molecule has 0 bridgehead atoms. The van der Waals surface area contributed by atoms with Gasteiger partial charge in [-0.25, -0.2) is 18.4 Å². The molecule has 0 unspecified atom stereocenters. The number of aromatic nitrogens is 3. The molecule has 0 aliphatic heterocycles. The van der Waals surface area contributed by atoms with Crippen LogP contribution in [0.2, 0.25) is 0 Å². The normalized spacial score (nSPS) is 20.0. The number of aromatic amines is 1. The van der Waals surface area contributed by atoms with Crippen LogP contribution in [0.3, 0.4) is 0 Å². The van der Waals surface area contributed by atoms with Crippen molar-refractivity contribution in [2.24, 2.45) is 5.92 Å². The van der Waals surface area contributed by atoms with Crippen molar-refractivity contribution in [3.63, 3.8) is 0 Å². The Labute approximate surface area is 172 Å². The van der Waals surface area contributed by atoms with Gasteiger partial charge in [0.2, 0.25) is 0 Å². The van der Waals surface area contributed by atoms with Gasteiger partial charge in [0.25, 0.3) is 0 Å². The molecule has 0 spiro atoms. The number of fused-ring (bicyclic) bond motifs is 1. The van der Waals surface area contributed by atoms with Gasteiger partial charge in [0.15, 0.2) is 9.84 Å². The number of rotatable bonds is 7. The summed E-state index contributed by atoms with van der Waals surface area (Å²) in [6, 6.07) is 12.2. The fraction of sp³-hybridized carbons (Fsp3) is 0.455. The third kappa shape index (κ3) is 4.78. The second-order valence-electron chi connectivity index (χ2n) is 8.07. The Morgan fingerprint density at radius 3 is 2.59 bits per heavy atom. The molecule has 2 aromatic heterocycles. The summed E-state index contributed by atoms with van der Waals surface area (Å²) in [4.78, 5) is 14.1. The summed E-state index contributed by atoms with van der Waals surface area (Å²) in [7, 11) is -0.949. The van der Waals surface area contributed by atoms with Crippen LogP contribution < -0.4 is 4.90 Å². The van der Waals surface area contributed by atoms with Crippen molar-refractivity contribution in [2.45, 2.75) is 38.1 Å². The molecule has 0 atom stereocenters. The van der Waals surface area contributed by atoms with Crippen LogP contribution in [0.15, 0.2) is 48.9 Å². The first-order chi connectivity index (χ1) is 14.0. The zero-order chi connectivity index (χ0) is 20.3. The highest BCUT2D eigenvalue weighted by Crippen LogP contribution is 2.32. The Bertz CT molecular complexity index is 1040. The van der Waals surface area contributed by atoms with E-state index in [2.05, 4.69) is 26.9 Å². The van der Waals surface area contributed by atoms with E-state index >= 15 is 0 Å². The summed E-state index contributed by atoms with van der Waals surface area (Å²) in [6.07, 6.45) is 7.95. The lowest BCUT2D eigenvalue weighted by Crippen LogP contribution is -2.37. The lowest BCUT2D eigenvalue weighted by atomic mass is 9.86. The molecule has 6 nitrogen and oxygen atoms in total. The summed E-state index contributed by atoms with van der Waals surface area (Å²) < 4.78 is 25.2. The average Bonchev–Trinajstić information content (AvgIpc) is 3.22. The topological polar surface area (TPSA) is 79.0 Å². The lowest BCUT2D eigenvalue weighted by Gasteiger charge is -2.35. The largest absolute Gasteiger partial charge is 0.356 e. The maximum absolute atomic E-state index is 12.6. The molecule has 7 heteroatoms. The van der Waals surface area contributed by atoms with E-state index in [1.165, 1.54) is 0 Å². The zero-order valence-corrected chi connectivity index (χ0v) is 17.6. The molecule has 0 amide bonds. The number of H-pyrrole nitrogens is 1. The molecule has 1 aromatic carbocycles. The summed E-state index contributed by atoms with van der Waals surface area (Å²) in [5, 5.41) is 1.03. The van der Waals surface area contributed by atoms with E-state index in [0.717, 1.165) is 48.1 Å². The zero-order valence-electron chi connectivity index (χ0n) is 16.8. The highest BCUT2D eigenvalue weighted by Gasteiger charge is 2.28. The molecule has 1 aliphatic rings. The van der Waals surface area contributed by atoms with Crippen molar-refractivity contribution >= 4 is 26.7 Å². The van der Waals surface area contributed by atoms with E-state index in [4.69, 9.17) is 0 Å². The standard InChI is InChI=1S/C22H28N4O2S/c1-26(22-20-11-13-23-21(20)24-16-25-22)19-9-7-18(8-10-19)15-29(27,28)14-12-17-5-3-2-4-6-17/h2-6,11,13,16,18-19H,7-10,12,14-15H2,1H3,(H,23,24,25). The third-order valence-corrected chi connectivity index (χ3v) is 7.87. The van der Waals surface area contributed by atoms with Crippen molar-refractivity contribution in [3.8, 4) is 0 Å². The Morgan fingerprint density at radius 2 is 1.83 bits per heavy atom. The molecule has 0 saturated heterocycles. The van der Waals surface area contributed by atoms with Crippen LogP contribution in [-0.2, 0) is 16.3 Å². The molecule has 4 rings (SSSR count). The number of aryl methyl sites for hydroxylation is 1. The smallest absolute Gasteiger partial charge is 0.150 e. The van der Waals surface area contributed by atoms with Gasteiger partial charge < -0.3 is 9.88 Å². The van der Waals surface area contributed by atoms with Gasteiger partial charge in [-0.3, -0.25) is 0 Å². The van der Waals surface area contributed by atoms with E-state index in [-0.39, 0.29) is 11.7 Å². The second-order valence-corrected chi connectivity index (χ2v) is 10.3. The van der Waals surface area contributed by atoms with Crippen molar-refractivity contribution in [1.82, 2.24) is 15.0 Å². The van der Waals surface area contributed by atoms with Crippen LogP contribution in [0, 0.1) is 5.92 Å². The molecule has 3 aromatic rings. The minimum Gasteiger partial charge on any atom is -0.356 e. The maximum Gasteiger partial charge on any atom is 0.150 e. The minimum absolute atomic E-state index is 0.239. The SMILES string of the molecule is CN(c1ncnc2[nH]ccc12)C1CCC(CS(=O)(=O)CCc2ccccc2)CC1. The molecule has 2 heterocycles. The molecule has 1 N–H and O–H groups in total. The van der Waals surface area contributed by atoms with E-state index in [9.17, 15) is 8.42 Å². The van der Waals surface area contributed by atoms with E-state index in [0.29, 0.717) is 18.2 Å². The number of nitrogens with zero attached hydrogens (tertiary/aromatic N) is 3. The number of nitrogens with one attached hydrogen (secondary N) is 1. The Kier molecular flexibility index (Phi) is 5.85. The van der Waals surface area contributed by atoms with Crippen LogP contribution >= 0.6 is 0 Å². The molecule has 154 valence electrons. The van der Waals surface area contributed by atoms with Gasteiger partial charge in [-0.15, -0.1) is 0 Å². The summed E-state index contributed by atoms with van der Waals surface area (Å²) >= 11 is 0. The van der Waals surface area contributed by atoms with Crippen molar-refractivity contribution in [1.29, 1.82) is 0 Å². The van der Waals surface area contributed by atoms with Crippen molar-refractivity contribution in [2.75, 3.05) is 23.5 Å². The van der Waals surface area contributed by atoms with Gasteiger partial charge in [-0.1, -0.05) is 30.3 Å². The van der Waals surface area contributed by atoms with Crippen molar-refractivity contribution in [3.05, 3.63) is 54.5 Å². The van der Waals surface area contributed by atoms with Crippen LogP contribution in [0.5, 0.6) is 0 Å². The first-order valence-electron chi connectivity index (χ1n) is 10.3. The number of anilines is 1. The molecular formula is C22H28N4O2S. The molecule has 1 saturated carbocycles. The van der Waals surface area contributed by atoms with E-state index < -0.39 is 9.84 Å². The van der Waals surface area contributed by atoms with Crippen LogP contribution in [0.4, 0.5) is 5.82 Å². The summed E-state index contributed by atoms with van der Waals surface area (Å²) in [5.74, 6) is 1.75. The molecule has 1 fully saturated rings. The third-order valence-electron chi connectivity index (χ3n) is 6.07. The number of sulfone groups is 1. The average molecular weight is 413 g/mol. The van der Waals surface area contributed by atoms with Gasteiger partial charge in [0.05, 0.1) is 16.9 Å². The fourth-order valence-corrected chi connectivity index (χ4v) is 6.14. The van der Waals surface area contributed by atoms with Crippen LogP contribution in [0.25, 0.3) is 11.0 Å². The first-order valence-corrected chi connectivity index (χ1v) is 12.1. The molecule has 0 radical (unpaired) electrons. The quantitative estimate of drug-likeness (QED) is 0.641. The molecular weight excluding hydrogens is 384 g/mol. The molecule has 29 heavy (non-hydrogen) atoms. The minimum atomic E-state index is -3.03. The van der Waals surface area contributed by atoms with Crippen LogP contribution in [0.1, 0.15) is 31.2 Å².